The molecule has 1 aromatic heterocycles. The number of amides is 2. The van der Waals surface area contributed by atoms with Crippen molar-refractivity contribution in [2.24, 2.45) is 11.3 Å². The van der Waals surface area contributed by atoms with Gasteiger partial charge in [0, 0.05) is 30.5 Å². The summed E-state index contributed by atoms with van der Waals surface area (Å²) in [7, 11) is 0. The van der Waals surface area contributed by atoms with Gasteiger partial charge in [0.1, 0.15) is 6.04 Å². The highest BCUT2D eigenvalue weighted by molar-refractivity contribution is 5.90. The first-order chi connectivity index (χ1) is 13.2. The number of pyridine rings is 1. The number of rotatable bonds is 4. The summed E-state index contributed by atoms with van der Waals surface area (Å²) in [5.74, 6) is -0.582. The van der Waals surface area contributed by atoms with E-state index in [0.29, 0.717) is 0 Å². The Bertz CT molecular complexity index is 869. The Morgan fingerprint density at radius 1 is 1.29 bits per heavy atom. The third-order valence-electron chi connectivity index (χ3n) is 5.72. The van der Waals surface area contributed by atoms with Crippen LogP contribution in [0.4, 0.5) is 0 Å². The van der Waals surface area contributed by atoms with Crippen LogP contribution in [-0.2, 0) is 16.1 Å². The van der Waals surface area contributed by atoms with E-state index in [0.717, 1.165) is 16.5 Å². The number of aromatic nitrogens is 1. The first kappa shape index (κ1) is 20.3. The van der Waals surface area contributed by atoms with Gasteiger partial charge in [0.2, 0.25) is 11.8 Å². The highest BCUT2D eigenvalue weighted by Crippen LogP contribution is 2.30. The molecule has 0 bridgehead atoms. The molecule has 6 heteroatoms. The second-order valence-corrected chi connectivity index (χ2v) is 8.68. The van der Waals surface area contributed by atoms with Gasteiger partial charge in [-0.1, -0.05) is 52.0 Å². The number of hydrogen-bond donors (Lipinski definition) is 2. The number of carbonyl (C=O) groups is 2. The summed E-state index contributed by atoms with van der Waals surface area (Å²) in [6.45, 7) is 8.37. The van der Waals surface area contributed by atoms with Crippen LogP contribution in [0.3, 0.4) is 0 Å². The Morgan fingerprint density at radius 3 is 2.71 bits per heavy atom. The van der Waals surface area contributed by atoms with Crippen LogP contribution >= 0.6 is 0 Å². The van der Waals surface area contributed by atoms with Crippen molar-refractivity contribution in [1.82, 2.24) is 15.2 Å². The predicted octanol–water partition coefficient (Wildman–Crippen LogP) is 2.50. The molecule has 6 nitrogen and oxygen atoms in total. The lowest BCUT2D eigenvalue weighted by atomic mass is 9.81. The van der Waals surface area contributed by atoms with Gasteiger partial charge in [-0.3, -0.25) is 14.6 Å². The molecule has 150 valence electrons. The third kappa shape index (κ3) is 4.17. The lowest BCUT2D eigenvalue weighted by Crippen LogP contribution is -2.49. The topological polar surface area (TPSA) is 82.5 Å². The number of likely N-dealkylation sites (tertiary alicyclic amines) is 1. The van der Waals surface area contributed by atoms with Crippen molar-refractivity contribution in [3.05, 3.63) is 42.2 Å². The Morgan fingerprint density at radius 2 is 2.00 bits per heavy atom. The number of carbonyl (C=O) groups excluding carboxylic acids is 2. The first-order valence-corrected chi connectivity index (χ1v) is 9.77. The summed E-state index contributed by atoms with van der Waals surface area (Å²) in [5.41, 5.74) is 0.573. The number of benzene rings is 1. The Hall–Kier alpha value is -2.47. The van der Waals surface area contributed by atoms with Gasteiger partial charge < -0.3 is 15.3 Å². The summed E-state index contributed by atoms with van der Waals surface area (Å²) in [4.78, 5) is 31.7. The van der Waals surface area contributed by atoms with Gasteiger partial charge >= 0.3 is 0 Å². The van der Waals surface area contributed by atoms with Gasteiger partial charge in [0.25, 0.3) is 0 Å². The van der Waals surface area contributed by atoms with Crippen molar-refractivity contribution in [2.45, 2.75) is 52.8 Å². The zero-order valence-electron chi connectivity index (χ0n) is 17.0. The van der Waals surface area contributed by atoms with E-state index in [1.165, 1.54) is 4.90 Å². The van der Waals surface area contributed by atoms with Gasteiger partial charge in [-0.2, -0.15) is 0 Å². The Balaban J connectivity index is 1.72. The van der Waals surface area contributed by atoms with Gasteiger partial charge in [0.15, 0.2) is 0 Å². The van der Waals surface area contributed by atoms with Gasteiger partial charge in [-0.25, -0.2) is 0 Å². The summed E-state index contributed by atoms with van der Waals surface area (Å²) < 4.78 is 0. The maximum atomic E-state index is 12.9. The van der Waals surface area contributed by atoms with Crippen LogP contribution in [0.2, 0.25) is 0 Å². The molecule has 0 aliphatic carbocycles. The van der Waals surface area contributed by atoms with E-state index < -0.39 is 12.1 Å². The summed E-state index contributed by atoms with van der Waals surface area (Å²) in [5, 5.41) is 15.1. The number of nitrogens with zero attached hydrogens (tertiary/aromatic N) is 2. The van der Waals surface area contributed by atoms with E-state index in [1.54, 1.807) is 6.20 Å². The highest BCUT2D eigenvalue weighted by atomic mass is 16.3. The quantitative estimate of drug-likeness (QED) is 0.850. The Labute approximate surface area is 165 Å². The molecule has 1 aromatic carbocycles. The van der Waals surface area contributed by atoms with Crippen LogP contribution in [0.5, 0.6) is 0 Å². The van der Waals surface area contributed by atoms with Gasteiger partial charge in [0.05, 0.1) is 18.3 Å². The molecule has 28 heavy (non-hydrogen) atoms. The lowest BCUT2D eigenvalue weighted by molar-refractivity contribution is -0.144. The normalized spacial score (nSPS) is 21.0. The van der Waals surface area contributed by atoms with Crippen LogP contribution in [0.1, 0.15) is 39.8 Å². The van der Waals surface area contributed by atoms with Crippen LogP contribution < -0.4 is 5.32 Å². The molecule has 1 aliphatic heterocycles. The standard InChI is InChI=1S/C22H29N3O3/c1-14(22(2,3)4)21(28)25-13-16(26)11-19(25)20(27)24-12-18-17-8-6-5-7-15(17)9-10-23-18/h5-10,14,16,19,26H,11-13H2,1-4H3,(H,24,27)/t14-,16-,19?/m1/s1. The zero-order valence-corrected chi connectivity index (χ0v) is 17.0. The highest BCUT2D eigenvalue weighted by Gasteiger charge is 2.42. The van der Waals surface area contributed by atoms with Crippen LogP contribution in [-0.4, -0.2) is 45.5 Å². The van der Waals surface area contributed by atoms with E-state index in [2.05, 4.69) is 10.3 Å². The summed E-state index contributed by atoms with van der Waals surface area (Å²) in [6.07, 6.45) is 1.31. The maximum absolute atomic E-state index is 12.9. The molecule has 3 rings (SSSR count). The SMILES string of the molecule is C[C@H](C(=O)N1C[C@H](O)CC1C(=O)NCc1nccc2ccccc12)C(C)(C)C. The zero-order chi connectivity index (χ0) is 20.5. The number of aliphatic hydroxyl groups excluding tert-OH is 1. The molecular formula is C22H29N3O3. The maximum Gasteiger partial charge on any atom is 0.243 e. The minimum atomic E-state index is -0.678. The second-order valence-electron chi connectivity index (χ2n) is 8.68. The molecule has 0 radical (unpaired) electrons. The summed E-state index contributed by atoms with van der Waals surface area (Å²) >= 11 is 0. The van der Waals surface area contributed by atoms with Crippen molar-refractivity contribution in [1.29, 1.82) is 0 Å². The predicted molar refractivity (Wildman–Crippen MR) is 108 cm³/mol. The molecule has 1 aliphatic rings. The lowest BCUT2D eigenvalue weighted by Gasteiger charge is -2.32. The molecule has 2 heterocycles. The molecule has 1 unspecified atom stereocenters. The summed E-state index contributed by atoms with van der Waals surface area (Å²) in [6, 6.07) is 9.17. The fourth-order valence-electron chi connectivity index (χ4n) is 3.54. The van der Waals surface area contributed by atoms with E-state index in [4.69, 9.17) is 0 Å². The molecule has 2 aromatic rings. The molecule has 3 atom stereocenters. The molecule has 1 saturated heterocycles. The number of nitrogens with one attached hydrogen (secondary N) is 1. The molecule has 2 N–H and O–H groups in total. The van der Waals surface area contributed by atoms with Crippen molar-refractivity contribution >= 4 is 22.6 Å². The van der Waals surface area contributed by atoms with E-state index in [1.807, 2.05) is 58.0 Å². The second kappa shape index (κ2) is 7.87. The largest absolute Gasteiger partial charge is 0.391 e. The van der Waals surface area contributed by atoms with Crippen molar-refractivity contribution < 1.29 is 14.7 Å². The average molecular weight is 383 g/mol. The van der Waals surface area contributed by atoms with Gasteiger partial charge in [-0.15, -0.1) is 0 Å². The number of aliphatic hydroxyl groups is 1. The molecular weight excluding hydrogens is 354 g/mol. The van der Waals surface area contributed by atoms with E-state index in [-0.39, 0.29) is 42.7 Å². The monoisotopic (exact) mass is 383 g/mol. The average Bonchev–Trinajstić information content (AvgIpc) is 3.06. The molecule has 2 amide bonds. The minimum absolute atomic E-state index is 0.0903. The van der Waals surface area contributed by atoms with Crippen LogP contribution in [0, 0.1) is 11.3 Å². The fraction of sp³-hybridized carbons (Fsp3) is 0.500. The number of β-amino-alcohol motifs (C(OH)–C–C–N with tert-alkyl or cyclic N) is 1. The molecule has 0 spiro atoms. The van der Waals surface area contributed by atoms with Gasteiger partial charge in [-0.05, 0) is 16.9 Å². The Kier molecular flexibility index (Phi) is 5.70. The fourth-order valence-corrected chi connectivity index (χ4v) is 3.54. The number of fused-ring (bicyclic) bond motifs is 1. The van der Waals surface area contributed by atoms with Crippen LogP contribution in [0.15, 0.2) is 36.5 Å². The van der Waals surface area contributed by atoms with E-state index >= 15 is 0 Å². The molecule has 1 fully saturated rings. The number of hydrogen-bond acceptors (Lipinski definition) is 4. The van der Waals surface area contributed by atoms with Crippen LogP contribution in [0.25, 0.3) is 10.8 Å². The smallest absolute Gasteiger partial charge is 0.243 e. The van der Waals surface area contributed by atoms with Crippen molar-refractivity contribution in [2.75, 3.05) is 6.54 Å². The molecule has 0 saturated carbocycles. The van der Waals surface area contributed by atoms with Crippen molar-refractivity contribution in [3.63, 3.8) is 0 Å². The minimum Gasteiger partial charge on any atom is -0.391 e. The van der Waals surface area contributed by atoms with Crippen molar-refractivity contribution in [3.8, 4) is 0 Å². The third-order valence-corrected chi connectivity index (χ3v) is 5.72. The first-order valence-electron chi connectivity index (χ1n) is 9.77. The van der Waals surface area contributed by atoms with E-state index in [9.17, 15) is 14.7 Å².